The van der Waals surface area contributed by atoms with Crippen LogP contribution in [-0.2, 0) is 6.54 Å². The number of para-hydroxylation sites is 1. The van der Waals surface area contributed by atoms with Crippen molar-refractivity contribution in [2.75, 3.05) is 38.0 Å². The first kappa shape index (κ1) is 21.0. The lowest BCUT2D eigenvalue weighted by Crippen LogP contribution is -2.11. The summed E-state index contributed by atoms with van der Waals surface area (Å²) in [6.07, 6.45) is 0. The molecule has 0 aliphatic heterocycles. The van der Waals surface area contributed by atoms with Crippen LogP contribution >= 0.6 is 0 Å². The summed E-state index contributed by atoms with van der Waals surface area (Å²) in [5, 5.41) is 1.35. The van der Waals surface area contributed by atoms with Crippen LogP contribution in [0.1, 0.15) is 35.2 Å². The van der Waals surface area contributed by atoms with Crippen LogP contribution < -0.4 is 9.80 Å². The Balaban J connectivity index is 1.95. The maximum atomic E-state index is 2.44. The van der Waals surface area contributed by atoms with E-state index in [9.17, 15) is 0 Å². The molecule has 3 aromatic carbocycles. The highest BCUT2D eigenvalue weighted by Crippen LogP contribution is 2.40. The summed E-state index contributed by atoms with van der Waals surface area (Å²) >= 11 is 0. The Morgan fingerprint density at radius 3 is 1.65 bits per heavy atom. The Labute approximate surface area is 186 Å². The molecule has 0 unspecified atom stereocenters. The van der Waals surface area contributed by atoms with Crippen LogP contribution in [0.4, 0.5) is 11.4 Å². The average molecular weight is 412 g/mol. The fraction of sp³-hybridized carbons (Fsp3) is 0.286. The first-order valence-electron chi connectivity index (χ1n) is 11.0. The van der Waals surface area contributed by atoms with Gasteiger partial charge in [0.1, 0.15) is 0 Å². The van der Waals surface area contributed by atoms with Gasteiger partial charge in [0, 0.05) is 68.6 Å². The molecular weight excluding hydrogens is 378 g/mol. The number of anilines is 2. The van der Waals surface area contributed by atoms with Gasteiger partial charge in [0.2, 0.25) is 0 Å². The maximum Gasteiger partial charge on any atom is 0.0485 e. The van der Waals surface area contributed by atoms with E-state index >= 15 is 0 Å². The highest BCUT2D eigenvalue weighted by molar-refractivity contribution is 5.87. The molecule has 0 saturated carbocycles. The summed E-state index contributed by atoms with van der Waals surface area (Å²) in [7, 11) is 8.36. The summed E-state index contributed by atoms with van der Waals surface area (Å²) in [6.45, 7) is 5.47. The lowest BCUT2D eigenvalue weighted by molar-refractivity contribution is 0.758. The Morgan fingerprint density at radius 2 is 1.19 bits per heavy atom. The molecule has 4 aromatic rings. The van der Waals surface area contributed by atoms with E-state index in [4.69, 9.17) is 0 Å². The Hall–Kier alpha value is -3.20. The van der Waals surface area contributed by atoms with Crippen molar-refractivity contribution in [3.8, 4) is 0 Å². The zero-order chi connectivity index (χ0) is 22.1. The number of benzene rings is 3. The molecule has 3 nitrogen and oxygen atoms in total. The Bertz CT molecular complexity index is 1110. The van der Waals surface area contributed by atoms with E-state index < -0.39 is 0 Å². The predicted octanol–water partition coefficient (Wildman–Crippen LogP) is 6.28. The zero-order valence-electron chi connectivity index (χ0n) is 19.6. The third kappa shape index (κ3) is 3.81. The van der Waals surface area contributed by atoms with Crippen molar-refractivity contribution in [2.45, 2.75) is 26.3 Å². The first-order chi connectivity index (χ1) is 14.9. The number of hydrogen-bond donors (Lipinski definition) is 0. The highest BCUT2D eigenvalue weighted by Gasteiger charge is 2.24. The van der Waals surface area contributed by atoms with E-state index in [-0.39, 0.29) is 5.92 Å². The minimum Gasteiger partial charge on any atom is -0.378 e. The van der Waals surface area contributed by atoms with E-state index in [1.807, 2.05) is 0 Å². The van der Waals surface area contributed by atoms with Crippen LogP contribution in [-0.4, -0.2) is 32.8 Å². The van der Waals surface area contributed by atoms with Crippen LogP contribution in [0.2, 0.25) is 0 Å². The number of aromatic nitrogens is 1. The molecular formula is C28H33N3. The second-order valence-electron chi connectivity index (χ2n) is 8.67. The highest BCUT2D eigenvalue weighted by atomic mass is 15.1. The smallest absolute Gasteiger partial charge is 0.0485 e. The molecule has 31 heavy (non-hydrogen) atoms. The van der Waals surface area contributed by atoms with Gasteiger partial charge >= 0.3 is 0 Å². The van der Waals surface area contributed by atoms with Gasteiger partial charge in [-0.15, -0.1) is 0 Å². The quantitative estimate of drug-likeness (QED) is 0.370. The van der Waals surface area contributed by atoms with Gasteiger partial charge in [0.05, 0.1) is 0 Å². The molecule has 0 spiro atoms. The van der Waals surface area contributed by atoms with Crippen molar-refractivity contribution in [2.24, 2.45) is 0 Å². The molecule has 160 valence electrons. The fourth-order valence-corrected chi connectivity index (χ4v) is 4.69. The van der Waals surface area contributed by atoms with E-state index in [0.717, 1.165) is 6.54 Å². The minimum absolute atomic E-state index is 0.185. The van der Waals surface area contributed by atoms with E-state index in [1.54, 1.807) is 0 Å². The number of hydrogen-bond acceptors (Lipinski definition) is 2. The second-order valence-corrected chi connectivity index (χ2v) is 8.67. The number of aryl methyl sites for hydroxylation is 1. The Morgan fingerprint density at radius 1 is 0.710 bits per heavy atom. The van der Waals surface area contributed by atoms with Crippen LogP contribution in [0.3, 0.4) is 0 Å². The topological polar surface area (TPSA) is 11.4 Å². The zero-order valence-corrected chi connectivity index (χ0v) is 19.6. The molecule has 0 atom stereocenters. The van der Waals surface area contributed by atoms with Crippen LogP contribution in [0.25, 0.3) is 10.9 Å². The molecule has 1 heterocycles. The molecule has 0 fully saturated rings. The van der Waals surface area contributed by atoms with E-state index in [0.29, 0.717) is 0 Å². The summed E-state index contributed by atoms with van der Waals surface area (Å²) in [5.74, 6) is 0.185. The van der Waals surface area contributed by atoms with Crippen LogP contribution in [0.15, 0.2) is 72.8 Å². The number of nitrogens with zero attached hydrogens (tertiary/aromatic N) is 3. The fourth-order valence-electron chi connectivity index (χ4n) is 4.69. The van der Waals surface area contributed by atoms with Crippen molar-refractivity contribution < 1.29 is 0 Å². The molecule has 0 saturated heterocycles. The van der Waals surface area contributed by atoms with Crippen LogP contribution in [0, 0.1) is 6.92 Å². The standard InChI is InChI=1S/C28H33N3/c1-7-31-20(2)27(25-10-8-9-11-26(25)31)28(21-12-16-23(17-13-21)29(3)4)22-14-18-24(19-15-22)30(5)6/h8-19,28H,7H2,1-6H3. The van der Waals surface area contributed by atoms with Crippen molar-refractivity contribution >= 4 is 22.3 Å². The van der Waals surface area contributed by atoms with Gasteiger partial charge in [-0.3, -0.25) is 0 Å². The molecule has 0 amide bonds. The van der Waals surface area contributed by atoms with E-state index in [2.05, 4.69) is 129 Å². The van der Waals surface area contributed by atoms with Gasteiger partial charge in [-0.2, -0.15) is 0 Å². The summed E-state index contributed by atoms with van der Waals surface area (Å²) < 4.78 is 2.44. The molecule has 0 N–H and O–H groups in total. The average Bonchev–Trinajstić information content (AvgIpc) is 3.06. The van der Waals surface area contributed by atoms with Crippen molar-refractivity contribution in [3.63, 3.8) is 0 Å². The predicted molar refractivity (Wildman–Crippen MR) is 135 cm³/mol. The normalized spacial score (nSPS) is 11.3. The third-order valence-corrected chi connectivity index (χ3v) is 6.37. The number of rotatable bonds is 6. The van der Waals surface area contributed by atoms with E-state index in [1.165, 1.54) is 44.7 Å². The molecule has 0 aliphatic carbocycles. The second kappa shape index (κ2) is 8.50. The summed E-state index contributed by atoms with van der Waals surface area (Å²) in [4.78, 5) is 4.30. The maximum absolute atomic E-state index is 2.44. The van der Waals surface area contributed by atoms with Crippen molar-refractivity contribution in [1.82, 2.24) is 4.57 Å². The first-order valence-corrected chi connectivity index (χ1v) is 11.0. The lowest BCUT2D eigenvalue weighted by atomic mass is 9.83. The molecule has 0 radical (unpaired) electrons. The molecule has 3 heteroatoms. The van der Waals surface area contributed by atoms with Crippen molar-refractivity contribution in [3.05, 3.63) is 95.2 Å². The molecule has 0 aliphatic rings. The molecule has 1 aromatic heterocycles. The molecule has 0 bridgehead atoms. The third-order valence-electron chi connectivity index (χ3n) is 6.37. The summed E-state index contributed by atoms with van der Waals surface area (Å²) in [5.41, 5.74) is 9.17. The van der Waals surface area contributed by atoms with Gasteiger partial charge in [-0.05, 0) is 60.9 Å². The number of fused-ring (bicyclic) bond motifs is 1. The Kier molecular flexibility index (Phi) is 5.77. The van der Waals surface area contributed by atoms with Crippen molar-refractivity contribution in [1.29, 1.82) is 0 Å². The lowest BCUT2D eigenvalue weighted by Gasteiger charge is -2.22. The summed E-state index contributed by atoms with van der Waals surface area (Å²) in [6, 6.07) is 26.9. The van der Waals surface area contributed by atoms with Gasteiger partial charge in [-0.25, -0.2) is 0 Å². The van der Waals surface area contributed by atoms with Gasteiger partial charge in [-0.1, -0.05) is 42.5 Å². The molecule has 4 rings (SSSR count). The minimum atomic E-state index is 0.185. The SMILES string of the molecule is CCn1c(C)c(C(c2ccc(N(C)C)cc2)c2ccc(N(C)C)cc2)c2ccccc21. The van der Waals surface area contributed by atoms with Gasteiger partial charge in [0.15, 0.2) is 0 Å². The monoisotopic (exact) mass is 411 g/mol. The largest absolute Gasteiger partial charge is 0.378 e. The van der Waals surface area contributed by atoms with Gasteiger partial charge < -0.3 is 14.4 Å². The van der Waals surface area contributed by atoms with Gasteiger partial charge in [0.25, 0.3) is 0 Å². The van der Waals surface area contributed by atoms with Crippen LogP contribution in [0.5, 0.6) is 0 Å².